The van der Waals surface area contributed by atoms with Crippen molar-refractivity contribution >= 4 is 58.3 Å². The average molecular weight is 424 g/mol. The molecule has 0 aromatic rings. The molecule has 0 bridgehead atoms. The third-order valence-corrected chi connectivity index (χ3v) is 0. The van der Waals surface area contributed by atoms with Crippen LogP contribution in [-0.2, 0) is 6.21 Å². The first-order chi connectivity index (χ1) is 3.46. The van der Waals surface area contributed by atoms with E-state index in [2.05, 4.69) is 0 Å². The van der Waals surface area contributed by atoms with Crippen LogP contribution in [0.5, 0.6) is 0 Å². The minimum Gasteiger partial charge on any atom is 4.00 e. The molecule has 0 spiro atoms. The van der Waals surface area contributed by atoms with Crippen LogP contribution in [0.1, 0.15) is 0 Å². The third-order valence-electron chi connectivity index (χ3n) is 0. The smallest absolute Gasteiger partial charge is 4.00 e. The van der Waals surface area contributed by atoms with Gasteiger partial charge >= 0.3 is 78.4 Å². The fourth-order valence-electron chi connectivity index (χ4n) is 0. The monoisotopic (exact) mass is 430 g/mol. The first-order valence-electron chi connectivity index (χ1n) is 1.00. The Bertz CT molecular complexity index is 69.1. The van der Waals surface area contributed by atoms with Crippen molar-refractivity contribution in [1.29, 1.82) is 0 Å². The van der Waals surface area contributed by atoms with Crippen molar-refractivity contribution in [3.05, 3.63) is 0 Å². The van der Waals surface area contributed by atoms with Crippen molar-refractivity contribution in [1.82, 2.24) is 0 Å². The van der Waals surface area contributed by atoms with Crippen LogP contribution >= 0.6 is 0 Å². The van der Waals surface area contributed by atoms with Crippen LogP contribution in [0.15, 0.2) is 0 Å². The molecule has 0 aliphatic carbocycles. The van der Waals surface area contributed by atoms with Crippen molar-refractivity contribution < 1.29 is 20.1 Å². The molecule has 0 aliphatic rings. The Labute approximate surface area is 77.7 Å². The molecule has 9 heavy (non-hydrogen) atoms. The zero-order valence-electron chi connectivity index (χ0n) is 3.77. The molecule has 0 radical (unpaired) electrons. The van der Waals surface area contributed by atoms with Gasteiger partial charge in [-0.3, -0.25) is 0 Å². The van der Waals surface area contributed by atoms with Crippen LogP contribution in [0.25, 0.3) is 0 Å². The fraction of sp³-hybridized carbons (Fsp3) is 0. The molecule has 0 aromatic carbocycles. The predicted molar refractivity (Wildman–Crippen MR) is 18.6 cm³/mol. The minimum absolute atomic E-state index is 0. The first kappa shape index (κ1) is 16.9. The van der Waals surface area contributed by atoms with Crippen molar-refractivity contribution in [3.8, 4) is 0 Å². The first-order valence-corrected chi connectivity index (χ1v) is 6.71. The molecule has 9 heteroatoms. The van der Waals surface area contributed by atoms with Crippen LogP contribution in [0.2, 0.25) is 0 Å². The molecule has 0 fully saturated rings. The predicted octanol–water partition coefficient (Wildman–Crippen LogP) is -6.14. The maximum Gasteiger partial charge on any atom is 4.00 e. The molecule has 52 valence electrons. The summed E-state index contributed by atoms with van der Waals surface area (Å²) in [7, 11) is 0. The molecular formula is GeO6Te2. The topological polar surface area (TPSA) is 126 Å². The summed E-state index contributed by atoms with van der Waals surface area (Å²) in [6, 6.07) is 0. The van der Waals surface area contributed by atoms with E-state index < -0.39 is 40.7 Å². The van der Waals surface area contributed by atoms with E-state index in [0.29, 0.717) is 0 Å². The maximum atomic E-state index is 8.59. The van der Waals surface area contributed by atoms with E-state index in [1.54, 1.807) is 0 Å². The molecule has 0 saturated heterocycles. The molecule has 0 heterocycles. The van der Waals surface area contributed by atoms with Crippen LogP contribution in [0.4, 0.5) is 0 Å². The van der Waals surface area contributed by atoms with Crippen molar-refractivity contribution in [3.63, 3.8) is 0 Å². The average Bonchev–Trinajstić information content (AvgIpc) is 1.25. The Balaban J connectivity index is -0.0000000720. The van der Waals surface area contributed by atoms with Gasteiger partial charge in [-0.25, -0.2) is 0 Å². The van der Waals surface area contributed by atoms with Gasteiger partial charge < -0.3 is 0 Å². The van der Waals surface area contributed by atoms with E-state index in [0.717, 1.165) is 0 Å². The summed E-state index contributed by atoms with van der Waals surface area (Å²) in [5.41, 5.74) is 0. The van der Waals surface area contributed by atoms with Gasteiger partial charge in [0.25, 0.3) is 0 Å². The zero-order valence-corrected chi connectivity index (χ0v) is 10.5. The number of rotatable bonds is 0. The third kappa shape index (κ3) is 224. The molecule has 0 amide bonds. The van der Waals surface area contributed by atoms with Crippen LogP contribution in [0, 0.1) is 0 Å². The molecule has 0 aromatic heterocycles. The van der Waals surface area contributed by atoms with Gasteiger partial charge in [0.1, 0.15) is 0 Å². The fourth-order valence-corrected chi connectivity index (χ4v) is 0. The summed E-state index contributed by atoms with van der Waals surface area (Å²) in [4.78, 5) is 0. The van der Waals surface area contributed by atoms with E-state index in [-0.39, 0.29) is 17.6 Å². The largest absolute Gasteiger partial charge is 4.00 e. The van der Waals surface area contributed by atoms with Gasteiger partial charge in [0, 0.05) is 0 Å². The summed E-state index contributed by atoms with van der Waals surface area (Å²) in [5, 5.41) is 0. The van der Waals surface area contributed by atoms with E-state index in [9.17, 15) is 0 Å². The zero-order chi connectivity index (χ0) is 7.15. The van der Waals surface area contributed by atoms with Gasteiger partial charge in [0.2, 0.25) is 0 Å². The van der Waals surface area contributed by atoms with Crippen molar-refractivity contribution in [2.75, 3.05) is 0 Å². The Hall–Kier alpha value is 1.56. The standard InChI is InChI=1S/Ge.2H2O3Te/c;2*1-4(2)3/h;2*(H2,1,2,3)/q+4;;/p-4. The Morgan fingerprint density at radius 3 is 0.778 bits per heavy atom. The van der Waals surface area contributed by atoms with Gasteiger partial charge in [0.15, 0.2) is 0 Å². The van der Waals surface area contributed by atoms with Gasteiger partial charge in [-0.15, -0.1) is 0 Å². The van der Waals surface area contributed by atoms with E-state index in [4.69, 9.17) is 20.1 Å². The normalized spacial score (nSPS) is 7.78. The Morgan fingerprint density at radius 1 is 0.778 bits per heavy atom. The maximum absolute atomic E-state index is 8.59. The second kappa shape index (κ2) is 12.3. The Morgan fingerprint density at radius 2 is 0.778 bits per heavy atom. The molecule has 0 saturated carbocycles. The van der Waals surface area contributed by atoms with Gasteiger partial charge in [-0.2, -0.15) is 0 Å². The Kier molecular flexibility index (Phi) is 23.0. The minimum atomic E-state index is -4.11. The van der Waals surface area contributed by atoms with Crippen LogP contribution < -0.4 is 13.9 Å². The van der Waals surface area contributed by atoms with Crippen molar-refractivity contribution in [2.24, 2.45) is 0 Å². The molecular weight excluding hydrogens is 424 g/mol. The van der Waals surface area contributed by atoms with Crippen molar-refractivity contribution in [2.45, 2.75) is 0 Å². The molecule has 6 nitrogen and oxygen atoms in total. The van der Waals surface area contributed by atoms with E-state index in [1.165, 1.54) is 0 Å². The van der Waals surface area contributed by atoms with E-state index >= 15 is 0 Å². The molecule has 0 N–H and O–H groups in total. The summed E-state index contributed by atoms with van der Waals surface area (Å²) in [6.07, 6.45) is 0. The summed E-state index contributed by atoms with van der Waals surface area (Å²) in [6.45, 7) is 0. The van der Waals surface area contributed by atoms with E-state index in [1.807, 2.05) is 0 Å². The van der Waals surface area contributed by atoms with Gasteiger partial charge in [-0.05, 0) is 0 Å². The van der Waals surface area contributed by atoms with Gasteiger partial charge in [-0.1, -0.05) is 0 Å². The quantitative estimate of drug-likeness (QED) is 0.357. The molecule has 0 rings (SSSR count). The number of hydrogen-bond donors (Lipinski definition) is 0. The van der Waals surface area contributed by atoms with Crippen LogP contribution in [0.3, 0.4) is 0 Å². The second-order valence-corrected chi connectivity index (χ2v) is 2.74. The summed E-state index contributed by atoms with van der Waals surface area (Å²) < 4.78 is 51.5. The van der Waals surface area contributed by atoms with Crippen LogP contribution in [-0.4, -0.2) is 58.3 Å². The number of hydrogen-bond acceptors (Lipinski definition) is 6. The molecule has 0 unspecified atom stereocenters. The van der Waals surface area contributed by atoms with Gasteiger partial charge in [0.05, 0.1) is 0 Å². The molecule has 0 aliphatic heterocycles. The summed E-state index contributed by atoms with van der Waals surface area (Å²) in [5.74, 6) is 0. The second-order valence-electron chi connectivity index (χ2n) is 0.408. The summed E-state index contributed by atoms with van der Waals surface area (Å²) >= 11 is -8.21. The molecule has 0 atom stereocenters. The SMILES string of the molecule is O=[Te]([O-])[O-].O=[Te]([O-])[O-].[Ge+4].